The second-order valence-electron chi connectivity index (χ2n) is 7.13. The number of nitrogens with zero attached hydrogens (tertiary/aromatic N) is 5. The third-order valence-electron chi connectivity index (χ3n) is 5.20. The van der Waals surface area contributed by atoms with Crippen molar-refractivity contribution in [3.63, 3.8) is 0 Å². The number of benzene rings is 1. The van der Waals surface area contributed by atoms with Gasteiger partial charge in [-0.15, -0.1) is 5.10 Å². The molecule has 0 unspecified atom stereocenters. The third-order valence-corrected chi connectivity index (χ3v) is 5.20. The second kappa shape index (κ2) is 6.94. The number of aromatic nitrogens is 2. The van der Waals surface area contributed by atoms with Gasteiger partial charge in [0.15, 0.2) is 5.82 Å². The van der Waals surface area contributed by atoms with Crippen molar-refractivity contribution in [3.8, 4) is 0 Å². The fourth-order valence-corrected chi connectivity index (χ4v) is 3.42. The van der Waals surface area contributed by atoms with Gasteiger partial charge in [-0.1, -0.05) is 0 Å². The van der Waals surface area contributed by atoms with Gasteiger partial charge in [-0.25, -0.2) is 0 Å². The smallest absolute Gasteiger partial charge is 0.272 e. The highest BCUT2D eigenvalue weighted by molar-refractivity contribution is 5.95. The first kappa shape index (κ1) is 17.4. The highest BCUT2D eigenvalue weighted by Gasteiger charge is 2.27. The number of hydrogen-bond acceptors (Lipinski definition) is 6. The van der Waals surface area contributed by atoms with E-state index in [1.165, 1.54) is 25.0 Å². The summed E-state index contributed by atoms with van der Waals surface area (Å²) >= 11 is 0. The van der Waals surface area contributed by atoms with Gasteiger partial charge in [-0.05, 0) is 44.0 Å². The number of rotatable bonds is 4. The Hall–Kier alpha value is -3.03. The Bertz CT molecular complexity index is 871. The number of carbonyl (C=O) groups excluding carboxylic acids is 1. The maximum absolute atomic E-state index is 12.7. The molecule has 0 spiro atoms. The van der Waals surface area contributed by atoms with Crippen LogP contribution in [0.3, 0.4) is 0 Å². The molecule has 1 aromatic carbocycles. The molecule has 8 heteroatoms. The van der Waals surface area contributed by atoms with Crippen LogP contribution in [0.1, 0.15) is 40.4 Å². The molecule has 2 heterocycles. The Balaban J connectivity index is 1.39. The molecular formula is C19H21N5O3. The summed E-state index contributed by atoms with van der Waals surface area (Å²) in [5.41, 5.74) is 2.08. The lowest BCUT2D eigenvalue weighted by Gasteiger charge is -2.35. The lowest BCUT2D eigenvalue weighted by atomic mass is 10.1. The quantitative estimate of drug-likeness (QED) is 0.609. The molecule has 1 saturated carbocycles. The minimum absolute atomic E-state index is 0.0320. The number of anilines is 1. The molecule has 1 aliphatic heterocycles. The van der Waals surface area contributed by atoms with Crippen molar-refractivity contribution in [3.05, 3.63) is 57.3 Å². The maximum Gasteiger partial charge on any atom is 0.272 e. The molecule has 2 fully saturated rings. The molecule has 1 aliphatic carbocycles. The van der Waals surface area contributed by atoms with Crippen LogP contribution in [0.25, 0.3) is 0 Å². The minimum atomic E-state index is -0.433. The van der Waals surface area contributed by atoms with Crippen LogP contribution in [-0.2, 0) is 0 Å². The van der Waals surface area contributed by atoms with E-state index in [0.717, 1.165) is 11.5 Å². The molecule has 1 amide bonds. The van der Waals surface area contributed by atoms with Crippen LogP contribution >= 0.6 is 0 Å². The maximum atomic E-state index is 12.7. The van der Waals surface area contributed by atoms with Gasteiger partial charge in [0.25, 0.3) is 11.6 Å². The molecule has 140 valence electrons. The molecule has 0 N–H and O–H groups in total. The molecule has 4 rings (SSSR count). The molecular weight excluding hydrogens is 346 g/mol. The molecule has 27 heavy (non-hydrogen) atoms. The van der Waals surface area contributed by atoms with E-state index in [-0.39, 0.29) is 11.6 Å². The fraction of sp³-hybridized carbons (Fsp3) is 0.421. The first-order valence-corrected chi connectivity index (χ1v) is 9.16. The van der Waals surface area contributed by atoms with Crippen LogP contribution in [-0.4, -0.2) is 52.1 Å². The number of piperazine rings is 1. The molecule has 2 aliphatic rings. The summed E-state index contributed by atoms with van der Waals surface area (Å²) in [6.45, 7) is 4.20. The normalized spacial score (nSPS) is 17.1. The average molecular weight is 367 g/mol. The highest BCUT2D eigenvalue weighted by Crippen LogP contribution is 2.38. The number of hydrogen-bond donors (Lipinski definition) is 0. The van der Waals surface area contributed by atoms with Crippen LogP contribution in [0, 0.1) is 17.0 Å². The van der Waals surface area contributed by atoms with Crippen molar-refractivity contribution < 1.29 is 9.72 Å². The van der Waals surface area contributed by atoms with Crippen LogP contribution < -0.4 is 4.90 Å². The first-order valence-electron chi connectivity index (χ1n) is 9.16. The van der Waals surface area contributed by atoms with E-state index in [9.17, 15) is 14.9 Å². The van der Waals surface area contributed by atoms with E-state index >= 15 is 0 Å². The Morgan fingerprint density at radius 1 is 1.11 bits per heavy atom. The molecule has 0 radical (unpaired) electrons. The van der Waals surface area contributed by atoms with Crippen molar-refractivity contribution >= 4 is 17.4 Å². The topological polar surface area (TPSA) is 92.5 Å². The van der Waals surface area contributed by atoms with Crippen molar-refractivity contribution in [2.45, 2.75) is 25.7 Å². The lowest BCUT2D eigenvalue weighted by molar-refractivity contribution is -0.385. The monoisotopic (exact) mass is 367 g/mol. The minimum Gasteiger partial charge on any atom is -0.352 e. The van der Waals surface area contributed by atoms with Crippen LogP contribution in [0.4, 0.5) is 11.5 Å². The van der Waals surface area contributed by atoms with Crippen molar-refractivity contribution in [2.24, 2.45) is 0 Å². The SMILES string of the molecule is Cc1cc(C(=O)N2CCN(c3ccc(C4CC4)nn3)CC2)ccc1[N+](=O)[O-]. The summed E-state index contributed by atoms with van der Waals surface area (Å²) in [5.74, 6) is 1.34. The average Bonchev–Trinajstić information content (AvgIpc) is 3.53. The number of nitro benzene ring substituents is 1. The number of nitro groups is 1. The molecule has 0 bridgehead atoms. The van der Waals surface area contributed by atoms with Gasteiger partial charge < -0.3 is 9.80 Å². The summed E-state index contributed by atoms with van der Waals surface area (Å²) < 4.78 is 0. The summed E-state index contributed by atoms with van der Waals surface area (Å²) in [6, 6.07) is 8.58. The Morgan fingerprint density at radius 3 is 2.41 bits per heavy atom. The van der Waals surface area contributed by atoms with Crippen molar-refractivity contribution in [1.82, 2.24) is 15.1 Å². The lowest BCUT2D eigenvalue weighted by Crippen LogP contribution is -2.49. The Labute approximate surface area is 157 Å². The fourth-order valence-electron chi connectivity index (χ4n) is 3.42. The Morgan fingerprint density at radius 2 is 1.85 bits per heavy atom. The van der Waals surface area contributed by atoms with Crippen LogP contribution in [0.2, 0.25) is 0 Å². The third kappa shape index (κ3) is 3.60. The van der Waals surface area contributed by atoms with Crippen molar-refractivity contribution in [1.29, 1.82) is 0 Å². The van der Waals surface area contributed by atoms with Gasteiger partial charge in [-0.3, -0.25) is 14.9 Å². The second-order valence-corrected chi connectivity index (χ2v) is 7.13. The largest absolute Gasteiger partial charge is 0.352 e. The van der Waals surface area contributed by atoms with E-state index in [2.05, 4.69) is 21.2 Å². The number of amides is 1. The van der Waals surface area contributed by atoms with Crippen LogP contribution in [0.5, 0.6) is 0 Å². The predicted molar refractivity (Wildman–Crippen MR) is 100.0 cm³/mol. The number of aryl methyl sites for hydroxylation is 1. The standard InChI is InChI=1S/C19H21N5O3/c1-13-12-15(4-6-17(13)24(26)27)19(25)23-10-8-22(9-11-23)18-7-5-16(20-21-18)14-2-3-14/h4-7,12,14H,2-3,8-11H2,1H3. The predicted octanol–water partition coefficient (Wildman–Crippen LogP) is 2.53. The summed E-state index contributed by atoms with van der Waals surface area (Å²) in [4.78, 5) is 27.1. The van der Waals surface area contributed by atoms with Gasteiger partial charge in [0.05, 0.1) is 10.6 Å². The van der Waals surface area contributed by atoms with E-state index in [0.29, 0.717) is 43.2 Å². The van der Waals surface area contributed by atoms with E-state index in [1.807, 2.05) is 6.07 Å². The van der Waals surface area contributed by atoms with E-state index < -0.39 is 4.92 Å². The van der Waals surface area contributed by atoms with Gasteiger partial charge >= 0.3 is 0 Å². The molecule has 0 atom stereocenters. The summed E-state index contributed by atoms with van der Waals surface area (Å²) in [5, 5.41) is 19.6. The van der Waals surface area contributed by atoms with Gasteiger partial charge in [0.2, 0.25) is 0 Å². The number of carbonyl (C=O) groups is 1. The van der Waals surface area contributed by atoms with Crippen LogP contribution in [0.15, 0.2) is 30.3 Å². The summed E-state index contributed by atoms with van der Waals surface area (Å²) in [6.07, 6.45) is 2.41. The zero-order chi connectivity index (χ0) is 19.0. The van der Waals surface area contributed by atoms with Gasteiger partial charge in [0, 0.05) is 49.3 Å². The first-order chi connectivity index (χ1) is 13.0. The Kier molecular flexibility index (Phi) is 4.47. The van der Waals surface area contributed by atoms with Crippen molar-refractivity contribution in [2.75, 3.05) is 31.1 Å². The van der Waals surface area contributed by atoms with E-state index in [4.69, 9.17) is 0 Å². The molecule has 1 saturated heterocycles. The zero-order valence-electron chi connectivity index (χ0n) is 15.2. The highest BCUT2D eigenvalue weighted by atomic mass is 16.6. The van der Waals surface area contributed by atoms with Gasteiger partial charge in [0.1, 0.15) is 0 Å². The molecule has 8 nitrogen and oxygen atoms in total. The summed E-state index contributed by atoms with van der Waals surface area (Å²) in [7, 11) is 0. The zero-order valence-corrected chi connectivity index (χ0v) is 15.2. The van der Waals surface area contributed by atoms with E-state index in [1.54, 1.807) is 17.9 Å². The molecule has 1 aromatic heterocycles. The molecule has 2 aromatic rings. The van der Waals surface area contributed by atoms with Gasteiger partial charge in [-0.2, -0.15) is 5.10 Å².